The maximum atomic E-state index is 12.4. The number of nitrogens with zero attached hydrogens (tertiary/aromatic N) is 1. The molecule has 0 aliphatic rings. The fourth-order valence-electron chi connectivity index (χ4n) is 2.44. The van der Waals surface area contributed by atoms with Crippen LogP contribution < -0.4 is 14.8 Å². The van der Waals surface area contributed by atoms with Crippen LogP contribution in [0.2, 0.25) is 0 Å². The average molecular weight is 406 g/mol. The Labute approximate surface area is 161 Å². The Morgan fingerprint density at radius 3 is 2.63 bits per heavy atom. The van der Waals surface area contributed by atoms with E-state index in [1.54, 1.807) is 36.4 Å². The first kappa shape index (κ1) is 19.3. The van der Waals surface area contributed by atoms with Crippen molar-refractivity contribution in [2.75, 3.05) is 18.5 Å². The number of thiazole rings is 1. The minimum absolute atomic E-state index is 0.104. The molecule has 0 aliphatic heterocycles. The van der Waals surface area contributed by atoms with Gasteiger partial charge in [0, 0.05) is 5.69 Å². The van der Waals surface area contributed by atoms with Crippen LogP contribution in [-0.2, 0) is 14.8 Å². The Balaban J connectivity index is 1.62. The zero-order valence-corrected chi connectivity index (χ0v) is 16.5. The number of aromatic nitrogens is 1. The Morgan fingerprint density at radius 1 is 1.19 bits per heavy atom. The third kappa shape index (κ3) is 4.82. The number of benzene rings is 2. The third-order valence-corrected chi connectivity index (χ3v) is 5.98. The van der Waals surface area contributed by atoms with E-state index in [1.807, 2.05) is 13.8 Å². The van der Waals surface area contributed by atoms with Gasteiger partial charge in [-0.2, -0.15) is 0 Å². The molecule has 0 saturated heterocycles. The second-order valence-electron chi connectivity index (χ2n) is 5.69. The molecule has 0 unspecified atom stereocenters. The summed E-state index contributed by atoms with van der Waals surface area (Å²) in [5, 5.41) is 3.50. The predicted molar refractivity (Wildman–Crippen MR) is 106 cm³/mol. The van der Waals surface area contributed by atoms with Gasteiger partial charge in [-0.1, -0.05) is 0 Å². The van der Waals surface area contributed by atoms with Crippen LogP contribution in [0.25, 0.3) is 10.2 Å². The monoisotopic (exact) mass is 405 g/mol. The van der Waals surface area contributed by atoms with Crippen molar-refractivity contribution in [3.8, 4) is 5.75 Å². The van der Waals surface area contributed by atoms with E-state index in [2.05, 4.69) is 15.0 Å². The second kappa shape index (κ2) is 8.03. The minimum Gasteiger partial charge on any atom is -0.494 e. The van der Waals surface area contributed by atoms with Gasteiger partial charge in [0.1, 0.15) is 5.75 Å². The number of hydrogen-bond donors (Lipinski definition) is 2. The molecule has 0 aliphatic carbocycles. The lowest BCUT2D eigenvalue weighted by molar-refractivity contribution is -0.115. The van der Waals surface area contributed by atoms with Gasteiger partial charge in [-0.3, -0.25) is 4.79 Å². The highest BCUT2D eigenvalue weighted by Crippen LogP contribution is 2.24. The van der Waals surface area contributed by atoms with Crippen LogP contribution in [0.4, 0.5) is 5.69 Å². The number of rotatable bonds is 7. The molecule has 142 valence electrons. The molecule has 1 amide bonds. The van der Waals surface area contributed by atoms with Gasteiger partial charge in [-0.25, -0.2) is 18.1 Å². The normalized spacial score (nSPS) is 11.5. The largest absolute Gasteiger partial charge is 0.494 e. The first-order chi connectivity index (χ1) is 12.9. The van der Waals surface area contributed by atoms with Gasteiger partial charge in [0.2, 0.25) is 15.9 Å². The first-order valence-electron chi connectivity index (χ1n) is 8.27. The number of anilines is 1. The summed E-state index contributed by atoms with van der Waals surface area (Å²) in [5.74, 6) is 0.238. The number of hydrogen-bond acceptors (Lipinski definition) is 6. The minimum atomic E-state index is -3.80. The number of sulfonamides is 1. The molecule has 7 nitrogen and oxygen atoms in total. The van der Waals surface area contributed by atoms with Gasteiger partial charge in [-0.15, -0.1) is 11.3 Å². The van der Waals surface area contributed by atoms with Crippen LogP contribution >= 0.6 is 11.3 Å². The van der Waals surface area contributed by atoms with Crippen LogP contribution in [-0.4, -0.2) is 32.5 Å². The van der Waals surface area contributed by atoms with Crippen molar-refractivity contribution >= 4 is 43.2 Å². The lowest BCUT2D eigenvalue weighted by atomic mass is 10.3. The number of amides is 1. The lowest BCUT2D eigenvalue weighted by Gasteiger charge is -2.09. The molecule has 0 atom stereocenters. The highest BCUT2D eigenvalue weighted by molar-refractivity contribution is 7.89. The van der Waals surface area contributed by atoms with Gasteiger partial charge in [-0.05, 0) is 56.3 Å². The Hall–Kier alpha value is -2.49. The molecule has 2 aromatic carbocycles. The summed E-state index contributed by atoms with van der Waals surface area (Å²) < 4.78 is 33.3. The SMILES string of the molecule is CCOc1ccc(NC(=O)CNS(=O)(=O)c2ccc3nc(C)sc3c2)cc1. The smallest absolute Gasteiger partial charge is 0.241 e. The van der Waals surface area contributed by atoms with E-state index in [0.29, 0.717) is 18.0 Å². The van der Waals surface area contributed by atoms with Crippen LogP contribution in [0, 0.1) is 6.92 Å². The molecule has 2 N–H and O–H groups in total. The van der Waals surface area contributed by atoms with Gasteiger partial charge in [0.25, 0.3) is 0 Å². The van der Waals surface area contributed by atoms with Crippen molar-refractivity contribution in [1.29, 1.82) is 0 Å². The topological polar surface area (TPSA) is 97.4 Å². The summed E-state index contributed by atoms with van der Waals surface area (Å²) in [6.07, 6.45) is 0. The van der Waals surface area contributed by atoms with E-state index >= 15 is 0 Å². The van der Waals surface area contributed by atoms with E-state index in [4.69, 9.17) is 4.74 Å². The van der Waals surface area contributed by atoms with E-state index in [1.165, 1.54) is 17.4 Å². The van der Waals surface area contributed by atoms with Crippen molar-refractivity contribution in [3.63, 3.8) is 0 Å². The molecule has 0 saturated carbocycles. The fraction of sp³-hybridized carbons (Fsp3) is 0.222. The first-order valence-corrected chi connectivity index (χ1v) is 10.6. The zero-order valence-electron chi connectivity index (χ0n) is 14.9. The van der Waals surface area contributed by atoms with Crippen LogP contribution in [0.15, 0.2) is 47.4 Å². The van der Waals surface area contributed by atoms with Crippen molar-refractivity contribution in [3.05, 3.63) is 47.5 Å². The van der Waals surface area contributed by atoms with Gasteiger partial charge < -0.3 is 10.1 Å². The Kier molecular flexibility index (Phi) is 5.73. The van der Waals surface area contributed by atoms with E-state index in [-0.39, 0.29) is 11.4 Å². The number of carbonyl (C=O) groups excluding carboxylic acids is 1. The number of nitrogens with one attached hydrogen (secondary N) is 2. The standard InChI is InChI=1S/C18H19N3O4S2/c1-3-25-14-6-4-13(5-7-14)21-18(22)11-19-27(23,24)15-8-9-16-17(10-15)26-12(2)20-16/h4-10,19H,3,11H2,1-2H3,(H,21,22). The summed E-state index contributed by atoms with van der Waals surface area (Å²) >= 11 is 1.42. The Bertz CT molecular complexity index is 1060. The fourth-order valence-corrected chi connectivity index (χ4v) is 4.39. The van der Waals surface area contributed by atoms with Gasteiger partial charge in [0.05, 0.1) is 33.3 Å². The Morgan fingerprint density at radius 2 is 1.93 bits per heavy atom. The summed E-state index contributed by atoms with van der Waals surface area (Å²) in [5.41, 5.74) is 1.31. The molecule has 9 heteroatoms. The molecule has 3 aromatic rings. The molecule has 0 fully saturated rings. The summed E-state index contributed by atoms with van der Waals surface area (Å²) in [7, 11) is -3.80. The quantitative estimate of drug-likeness (QED) is 0.630. The molecule has 0 radical (unpaired) electrons. The molecule has 3 rings (SSSR count). The summed E-state index contributed by atoms with van der Waals surface area (Å²) in [4.78, 5) is 16.4. The number of ether oxygens (including phenoxy) is 1. The summed E-state index contributed by atoms with van der Waals surface area (Å²) in [6.45, 7) is 3.94. The van der Waals surface area contributed by atoms with E-state index < -0.39 is 15.9 Å². The van der Waals surface area contributed by atoms with Gasteiger partial charge >= 0.3 is 0 Å². The van der Waals surface area contributed by atoms with Gasteiger partial charge in [0.15, 0.2) is 0 Å². The van der Waals surface area contributed by atoms with Crippen molar-refractivity contribution in [2.45, 2.75) is 18.7 Å². The molecular formula is C18H19N3O4S2. The third-order valence-electron chi connectivity index (χ3n) is 3.65. The lowest BCUT2D eigenvalue weighted by Crippen LogP contribution is -2.32. The molecular weight excluding hydrogens is 386 g/mol. The maximum Gasteiger partial charge on any atom is 0.241 e. The molecule has 27 heavy (non-hydrogen) atoms. The van der Waals surface area contributed by atoms with E-state index in [0.717, 1.165) is 15.2 Å². The second-order valence-corrected chi connectivity index (χ2v) is 8.69. The highest BCUT2D eigenvalue weighted by Gasteiger charge is 2.17. The number of fused-ring (bicyclic) bond motifs is 1. The van der Waals surface area contributed by atoms with Crippen molar-refractivity contribution < 1.29 is 17.9 Å². The van der Waals surface area contributed by atoms with E-state index in [9.17, 15) is 13.2 Å². The van der Waals surface area contributed by atoms with Crippen molar-refractivity contribution in [2.24, 2.45) is 0 Å². The van der Waals surface area contributed by atoms with Crippen LogP contribution in [0.3, 0.4) is 0 Å². The molecule has 0 bridgehead atoms. The van der Waals surface area contributed by atoms with Crippen molar-refractivity contribution in [1.82, 2.24) is 9.71 Å². The molecule has 0 spiro atoms. The molecule has 1 heterocycles. The highest BCUT2D eigenvalue weighted by atomic mass is 32.2. The summed E-state index contributed by atoms with van der Waals surface area (Å²) in [6, 6.07) is 11.5. The number of aryl methyl sites for hydroxylation is 1. The van der Waals surface area contributed by atoms with Crippen LogP contribution in [0.5, 0.6) is 5.75 Å². The maximum absolute atomic E-state index is 12.4. The average Bonchev–Trinajstić information content (AvgIpc) is 3.01. The predicted octanol–water partition coefficient (Wildman–Crippen LogP) is 2.92. The zero-order chi connectivity index (χ0) is 19.4. The number of carbonyl (C=O) groups is 1. The molecule has 1 aromatic heterocycles. The van der Waals surface area contributed by atoms with Crippen LogP contribution in [0.1, 0.15) is 11.9 Å².